The van der Waals surface area contributed by atoms with E-state index in [1.807, 2.05) is 0 Å². The van der Waals surface area contributed by atoms with E-state index in [1.165, 1.54) is 0 Å². The molecule has 2 rings (SSSR count). The third kappa shape index (κ3) is 2.18. The number of nitrogen functional groups attached to an aromatic ring is 1. The average molecular weight is 208 g/mol. The maximum atomic E-state index is 11.7. The number of anilines is 1. The Balaban J connectivity index is 2.35. The first-order valence-corrected chi connectivity index (χ1v) is 5.31. The molecule has 0 aliphatic heterocycles. The topological polar surface area (TPSA) is 97.8 Å². The summed E-state index contributed by atoms with van der Waals surface area (Å²) >= 11 is 0. The number of hydrogen-bond donors (Lipinski definition) is 3. The van der Waals surface area contributed by atoms with Crippen LogP contribution in [0.15, 0.2) is 4.79 Å². The highest BCUT2D eigenvalue weighted by molar-refractivity contribution is 5.30. The van der Waals surface area contributed by atoms with E-state index >= 15 is 0 Å². The maximum absolute atomic E-state index is 11.7. The third-order valence-electron chi connectivity index (χ3n) is 2.66. The fourth-order valence-corrected chi connectivity index (χ4v) is 1.75. The van der Waals surface area contributed by atoms with Gasteiger partial charge in [-0.15, -0.1) is 0 Å². The van der Waals surface area contributed by atoms with E-state index in [0.29, 0.717) is 18.9 Å². The van der Waals surface area contributed by atoms with Gasteiger partial charge in [0.1, 0.15) is 0 Å². The zero-order chi connectivity index (χ0) is 10.8. The van der Waals surface area contributed by atoms with Gasteiger partial charge in [0.05, 0.1) is 5.69 Å². The molecule has 1 aromatic heterocycles. The van der Waals surface area contributed by atoms with Crippen LogP contribution < -0.4 is 17.0 Å². The number of rotatable bonds is 4. The lowest BCUT2D eigenvalue weighted by Crippen LogP contribution is -2.20. The number of aromatic nitrogens is 2. The van der Waals surface area contributed by atoms with Gasteiger partial charge in [0, 0.05) is 11.5 Å². The Labute approximate surface area is 87.9 Å². The lowest BCUT2D eigenvalue weighted by atomic mass is 10.1. The lowest BCUT2D eigenvalue weighted by Gasteiger charge is -2.06. The second-order valence-electron chi connectivity index (χ2n) is 3.98. The first-order chi connectivity index (χ1) is 7.22. The van der Waals surface area contributed by atoms with Crippen molar-refractivity contribution >= 4 is 5.95 Å². The molecule has 82 valence electrons. The molecule has 0 bridgehead atoms. The zero-order valence-corrected chi connectivity index (χ0v) is 8.62. The van der Waals surface area contributed by atoms with Crippen LogP contribution in [0.3, 0.4) is 0 Å². The van der Waals surface area contributed by atoms with Crippen molar-refractivity contribution < 1.29 is 0 Å². The van der Waals surface area contributed by atoms with Crippen molar-refractivity contribution in [2.75, 3.05) is 12.3 Å². The maximum Gasteiger partial charge on any atom is 0.255 e. The van der Waals surface area contributed by atoms with Gasteiger partial charge in [-0.2, -0.15) is 0 Å². The van der Waals surface area contributed by atoms with Crippen LogP contribution in [0.1, 0.15) is 36.4 Å². The van der Waals surface area contributed by atoms with E-state index < -0.39 is 0 Å². The van der Waals surface area contributed by atoms with Crippen LogP contribution in [0.4, 0.5) is 5.95 Å². The molecule has 5 nitrogen and oxygen atoms in total. The Morgan fingerprint density at radius 2 is 2.20 bits per heavy atom. The molecule has 1 fully saturated rings. The number of hydrogen-bond acceptors (Lipinski definition) is 4. The van der Waals surface area contributed by atoms with Gasteiger partial charge in [0.25, 0.3) is 5.56 Å². The van der Waals surface area contributed by atoms with Gasteiger partial charge in [-0.1, -0.05) is 0 Å². The Morgan fingerprint density at radius 1 is 1.47 bits per heavy atom. The molecule has 0 spiro atoms. The molecule has 1 saturated carbocycles. The molecule has 5 N–H and O–H groups in total. The van der Waals surface area contributed by atoms with Gasteiger partial charge in [0.15, 0.2) is 0 Å². The zero-order valence-electron chi connectivity index (χ0n) is 8.62. The lowest BCUT2D eigenvalue weighted by molar-refractivity contribution is 0.793. The Morgan fingerprint density at radius 3 is 2.80 bits per heavy atom. The van der Waals surface area contributed by atoms with Crippen molar-refractivity contribution in [1.29, 1.82) is 0 Å². The second kappa shape index (κ2) is 4.02. The van der Waals surface area contributed by atoms with E-state index in [0.717, 1.165) is 30.5 Å². The summed E-state index contributed by atoms with van der Waals surface area (Å²) in [5.74, 6) is 0.667. The highest BCUT2D eigenvalue weighted by atomic mass is 16.1. The van der Waals surface area contributed by atoms with Gasteiger partial charge < -0.3 is 11.5 Å². The largest absolute Gasteiger partial charge is 0.369 e. The second-order valence-corrected chi connectivity index (χ2v) is 3.98. The number of nitrogens with two attached hydrogens (primary N) is 2. The minimum absolute atomic E-state index is 0.0992. The van der Waals surface area contributed by atoms with Crippen molar-refractivity contribution in [3.05, 3.63) is 21.6 Å². The van der Waals surface area contributed by atoms with Crippen LogP contribution in [-0.2, 0) is 6.42 Å². The van der Waals surface area contributed by atoms with Crippen LogP contribution in [0.5, 0.6) is 0 Å². The first kappa shape index (κ1) is 10.2. The number of H-pyrrole nitrogens is 1. The highest BCUT2D eigenvalue weighted by Crippen LogP contribution is 2.40. The predicted molar refractivity (Wildman–Crippen MR) is 58.6 cm³/mol. The van der Waals surface area contributed by atoms with E-state index in [2.05, 4.69) is 9.97 Å². The summed E-state index contributed by atoms with van der Waals surface area (Å²) in [6.45, 7) is 0.591. The Hall–Kier alpha value is -1.36. The predicted octanol–water partition coefficient (Wildman–Crippen LogP) is 0.121. The monoisotopic (exact) mass is 208 g/mol. The van der Waals surface area contributed by atoms with E-state index in [1.54, 1.807) is 0 Å². The molecule has 0 atom stereocenters. The summed E-state index contributed by atoms with van der Waals surface area (Å²) < 4.78 is 0. The highest BCUT2D eigenvalue weighted by Gasteiger charge is 2.29. The van der Waals surface area contributed by atoms with E-state index in [4.69, 9.17) is 11.5 Å². The SMILES string of the molecule is NCCCc1c(C2CC2)nc(N)[nH]c1=O. The molecule has 1 aromatic rings. The summed E-state index contributed by atoms with van der Waals surface area (Å²) in [6, 6.07) is 0. The third-order valence-corrected chi connectivity index (χ3v) is 2.66. The Kier molecular flexibility index (Phi) is 2.73. The molecule has 1 heterocycles. The smallest absolute Gasteiger partial charge is 0.255 e. The fraction of sp³-hybridized carbons (Fsp3) is 0.600. The molecule has 5 heteroatoms. The van der Waals surface area contributed by atoms with Gasteiger partial charge in [0.2, 0.25) is 5.95 Å². The van der Waals surface area contributed by atoms with Crippen molar-refractivity contribution in [1.82, 2.24) is 9.97 Å². The standard InChI is InChI=1S/C10H16N4O/c11-5-1-2-7-8(6-3-4-6)13-10(12)14-9(7)15/h6H,1-5,11H2,(H3,12,13,14,15). The minimum Gasteiger partial charge on any atom is -0.369 e. The molecular formula is C10H16N4O. The van der Waals surface area contributed by atoms with Crippen molar-refractivity contribution in [3.8, 4) is 0 Å². The van der Waals surface area contributed by atoms with Gasteiger partial charge in [-0.3, -0.25) is 9.78 Å². The minimum atomic E-state index is -0.0992. The van der Waals surface area contributed by atoms with E-state index in [-0.39, 0.29) is 11.5 Å². The number of nitrogens with zero attached hydrogens (tertiary/aromatic N) is 1. The molecule has 0 radical (unpaired) electrons. The molecule has 0 saturated heterocycles. The average Bonchev–Trinajstić information content (AvgIpc) is 2.98. The molecule has 15 heavy (non-hydrogen) atoms. The van der Waals surface area contributed by atoms with Gasteiger partial charge >= 0.3 is 0 Å². The van der Waals surface area contributed by atoms with Crippen LogP contribution >= 0.6 is 0 Å². The van der Waals surface area contributed by atoms with Crippen LogP contribution in [0.2, 0.25) is 0 Å². The number of aromatic amines is 1. The van der Waals surface area contributed by atoms with Crippen molar-refractivity contribution in [2.45, 2.75) is 31.6 Å². The van der Waals surface area contributed by atoms with Crippen LogP contribution in [-0.4, -0.2) is 16.5 Å². The molecule has 0 amide bonds. The molecule has 1 aliphatic carbocycles. The van der Waals surface area contributed by atoms with Crippen molar-refractivity contribution in [3.63, 3.8) is 0 Å². The van der Waals surface area contributed by atoms with Gasteiger partial charge in [-0.25, -0.2) is 4.98 Å². The summed E-state index contributed by atoms with van der Waals surface area (Å²) in [7, 11) is 0. The molecule has 0 aromatic carbocycles. The van der Waals surface area contributed by atoms with Crippen molar-refractivity contribution in [2.24, 2.45) is 5.73 Å². The summed E-state index contributed by atoms with van der Waals surface area (Å²) in [5, 5.41) is 0. The molecule has 1 aliphatic rings. The van der Waals surface area contributed by atoms with E-state index in [9.17, 15) is 4.79 Å². The normalized spacial score (nSPS) is 15.5. The summed E-state index contributed by atoms with van der Waals surface area (Å²) in [4.78, 5) is 18.5. The fourth-order valence-electron chi connectivity index (χ4n) is 1.75. The summed E-state index contributed by atoms with van der Waals surface area (Å²) in [6.07, 6.45) is 3.75. The summed E-state index contributed by atoms with van der Waals surface area (Å²) in [5.41, 5.74) is 12.5. The molecule has 0 unspecified atom stereocenters. The molecular weight excluding hydrogens is 192 g/mol. The van der Waals surface area contributed by atoms with Crippen LogP contribution in [0, 0.1) is 0 Å². The van der Waals surface area contributed by atoms with Gasteiger partial charge in [-0.05, 0) is 32.2 Å². The quantitative estimate of drug-likeness (QED) is 0.654. The first-order valence-electron chi connectivity index (χ1n) is 5.31. The number of nitrogens with one attached hydrogen (secondary N) is 1. The van der Waals surface area contributed by atoms with Crippen LogP contribution in [0.25, 0.3) is 0 Å². The Bertz CT molecular complexity index is 408.